The molecule has 1 heterocycles. The summed E-state index contributed by atoms with van der Waals surface area (Å²) in [5, 5.41) is 6.74. The maximum Gasteiger partial charge on any atom is 0.240 e. The Morgan fingerprint density at radius 1 is 1.71 bits per heavy atom. The molecular weight excluding hydrogens is 196 g/mol. The Morgan fingerprint density at radius 3 is 2.93 bits per heavy atom. The molecule has 14 heavy (non-hydrogen) atoms. The largest absolute Gasteiger partial charge is 0.353 e. The molecular formula is C10H20N2OS. The average Bonchev–Trinajstić information content (AvgIpc) is 2.62. The number of hydrogen-bond donors (Lipinski definition) is 2. The van der Waals surface area contributed by atoms with Crippen LogP contribution in [0.5, 0.6) is 0 Å². The fourth-order valence-electron chi connectivity index (χ4n) is 1.60. The summed E-state index contributed by atoms with van der Waals surface area (Å²) in [7, 11) is 0. The Balaban J connectivity index is 2.34. The quantitative estimate of drug-likeness (QED) is 0.736. The molecule has 2 atom stereocenters. The van der Waals surface area contributed by atoms with E-state index in [-0.39, 0.29) is 11.4 Å². The maximum absolute atomic E-state index is 11.8. The number of nitrogens with one attached hydrogen (secondary N) is 2. The van der Waals surface area contributed by atoms with Crippen LogP contribution in [0.1, 0.15) is 26.7 Å². The minimum absolute atomic E-state index is 0.149. The van der Waals surface area contributed by atoms with Crippen molar-refractivity contribution in [2.75, 3.05) is 19.3 Å². The van der Waals surface area contributed by atoms with Gasteiger partial charge in [-0.2, -0.15) is 11.8 Å². The predicted molar refractivity (Wildman–Crippen MR) is 61.6 cm³/mol. The molecule has 1 aliphatic rings. The van der Waals surface area contributed by atoms with Gasteiger partial charge in [0.2, 0.25) is 5.91 Å². The number of carbonyl (C=O) groups excluding carboxylic acids is 1. The molecule has 0 aromatic rings. The second-order valence-electron chi connectivity index (χ2n) is 4.12. The van der Waals surface area contributed by atoms with Gasteiger partial charge in [-0.05, 0) is 32.6 Å². The van der Waals surface area contributed by atoms with Gasteiger partial charge in [-0.15, -0.1) is 0 Å². The van der Waals surface area contributed by atoms with Crippen molar-refractivity contribution in [1.82, 2.24) is 10.6 Å². The molecule has 2 unspecified atom stereocenters. The minimum atomic E-state index is -0.321. The van der Waals surface area contributed by atoms with Crippen molar-refractivity contribution < 1.29 is 4.79 Å². The lowest BCUT2D eigenvalue weighted by Crippen LogP contribution is -2.52. The normalized spacial score (nSPS) is 28.8. The molecule has 0 radical (unpaired) electrons. The fraction of sp³-hybridized carbons (Fsp3) is 0.900. The van der Waals surface area contributed by atoms with Crippen molar-refractivity contribution in [3.63, 3.8) is 0 Å². The zero-order valence-electron chi connectivity index (χ0n) is 9.22. The Kier molecular flexibility index (Phi) is 4.26. The van der Waals surface area contributed by atoms with E-state index in [1.54, 1.807) is 11.8 Å². The van der Waals surface area contributed by atoms with Crippen LogP contribution in [0.25, 0.3) is 0 Å². The molecule has 1 amide bonds. The van der Waals surface area contributed by atoms with E-state index < -0.39 is 0 Å². The highest BCUT2D eigenvalue weighted by Crippen LogP contribution is 2.18. The molecule has 82 valence electrons. The smallest absolute Gasteiger partial charge is 0.240 e. The molecule has 1 saturated heterocycles. The summed E-state index contributed by atoms with van der Waals surface area (Å²) in [6.45, 7) is 5.83. The number of thioether (sulfide) groups is 1. The second-order valence-corrected chi connectivity index (χ2v) is 5.39. The molecule has 4 heteroatoms. The summed E-state index contributed by atoms with van der Waals surface area (Å²) in [6.07, 6.45) is 4.11. The van der Waals surface area contributed by atoms with E-state index >= 15 is 0 Å². The van der Waals surface area contributed by atoms with Gasteiger partial charge in [-0.1, -0.05) is 6.92 Å². The summed E-state index contributed by atoms with van der Waals surface area (Å²) < 4.78 is 0. The highest BCUT2D eigenvalue weighted by Gasteiger charge is 2.35. The van der Waals surface area contributed by atoms with Crippen LogP contribution in [0.4, 0.5) is 0 Å². The Labute approximate surface area is 90.4 Å². The predicted octanol–water partition coefficient (Wildman–Crippen LogP) is 0.996. The Hall–Kier alpha value is -0.220. The fourth-order valence-corrected chi connectivity index (χ4v) is 1.85. The van der Waals surface area contributed by atoms with Crippen LogP contribution >= 0.6 is 11.8 Å². The summed E-state index contributed by atoms with van der Waals surface area (Å²) in [5.74, 6) is 0.149. The van der Waals surface area contributed by atoms with Crippen LogP contribution in [-0.4, -0.2) is 36.0 Å². The van der Waals surface area contributed by atoms with E-state index in [0.29, 0.717) is 5.25 Å². The third-order valence-electron chi connectivity index (χ3n) is 2.82. The summed E-state index contributed by atoms with van der Waals surface area (Å²) >= 11 is 1.77. The van der Waals surface area contributed by atoms with Gasteiger partial charge in [0.25, 0.3) is 0 Å². The molecule has 0 aliphatic carbocycles. The van der Waals surface area contributed by atoms with E-state index in [1.165, 1.54) is 0 Å². The van der Waals surface area contributed by atoms with Crippen molar-refractivity contribution in [2.24, 2.45) is 0 Å². The van der Waals surface area contributed by atoms with Gasteiger partial charge in [0.1, 0.15) is 0 Å². The molecule has 0 bridgehead atoms. The monoisotopic (exact) mass is 216 g/mol. The average molecular weight is 216 g/mol. The van der Waals surface area contributed by atoms with E-state index in [2.05, 4.69) is 23.8 Å². The number of carbonyl (C=O) groups is 1. The summed E-state index contributed by atoms with van der Waals surface area (Å²) in [6, 6.07) is 0. The van der Waals surface area contributed by atoms with Gasteiger partial charge >= 0.3 is 0 Å². The highest BCUT2D eigenvalue weighted by molar-refractivity contribution is 7.99. The van der Waals surface area contributed by atoms with Crippen molar-refractivity contribution >= 4 is 17.7 Å². The lowest BCUT2D eigenvalue weighted by molar-refractivity contribution is -0.126. The van der Waals surface area contributed by atoms with E-state index in [0.717, 1.165) is 25.9 Å². The third kappa shape index (κ3) is 2.89. The zero-order valence-corrected chi connectivity index (χ0v) is 10.0. The topological polar surface area (TPSA) is 41.1 Å². The van der Waals surface area contributed by atoms with Crippen molar-refractivity contribution in [3.05, 3.63) is 0 Å². The van der Waals surface area contributed by atoms with Crippen LogP contribution in [-0.2, 0) is 4.79 Å². The highest BCUT2D eigenvalue weighted by atomic mass is 32.2. The first-order valence-electron chi connectivity index (χ1n) is 5.14. The van der Waals surface area contributed by atoms with Crippen LogP contribution < -0.4 is 10.6 Å². The molecule has 0 saturated carbocycles. The first-order valence-corrected chi connectivity index (χ1v) is 6.43. The van der Waals surface area contributed by atoms with Crippen LogP contribution in [0, 0.1) is 0 Å². The molecule has 0 aromatic heterocycles. The van der Waals surface area contributed by atoms with Crippen molar-refractivity contribution in [1.29, 1.82) is 0 Å². The summed E-state index contributed by atoms with van der Waals surface area (Å²) in [4.78, 5) is 11.8. The van der Waals surface area contributed by atoms with Crippen LogP contribution in [0.3, 0.4) is 0 Å². The molecule has 1 rings (SSSR count). The van der Waals surface area contributed by atoms with Gasteiger partial charge in [-0.3, -0.25) is 4.79 Å². The minimum Gasteiger partial charge on any atom is -0.353 e. The lowest BCUT2D eigenvalue weighted by atomic mass is 9.99. The SMILES string of the molecule is CSC(C)CNC(=O)C1(C)CCCN1. The van der Waals surface area contributed by atoms with E-state index in [4.69, 9.17) is 0 Å². The zero-order chi connectivity index (χ0) is 10.6. The molecule has 0 aromatic carbocycles. The van der Waals surface area contributed by atoms with Crippen molar-refractivity contribution in [2.45, 2.75) is 37.5 Å². The first-order chi connectivity index (χ1) is 6.58. The first kappa shape index (κ1) is 11.9. The van der Waals surface area contributed by atoms with Crippen LogP contribution in [0.15, 0.2) is 0 Å². The molecule has 1 fully saturated rings. The van der Waals surface area contributed by atoms with Gasteiger partial charge in [0.05, 0.1) is 5.54 Å². The summed E-state index contributed by atoms with van der Waals surface area (Å²) in [5.41, 5.74) is -0.321. The van der Waals surface area contributed by atoms with E-state index in [1.807, 2.05) is 6.92 Å². The number of hydrogen-bond acceptors (Lipinski definition) is 3. The Morgan fingerprint density at radius 2 is 2.43 bits per heavy atom. The maximum atomic E-state index is 11.8. The standard InChI is InChI=1S/C10H20N2OS/c1-8(14-3)7-11-9(13)10(2)5-4-6-12-10/h8,12H,4-7H2,1-3H3,(H,11,13). The number of amides is 1. The van der Waals surface area contributed by atoms with Gasteiger partial charge in [0.15, 0.2) is 0 Å². The molecule has 2 N–H and O–H groups in total. The van der Waals surface area contributed by atoms with E-state index in [9.17, 15) is 4.79 Å². The van der Waals surface area contributed by atoms with Gasteiger partial charge in [-0.25, -0.2) is 0 Å². The van der Waals surface area contributed by atoms with Crippen LogP contribution in [0.2, 0.25) is 0 Å². The second kappa shape index (κ2) is 5.03. The molecule has 0 spiro atoms. The lowest BCUT2D eigenvalue weighted by Gasteiger charge is -2.23. The van der Waals surface area contributed by atoms with Gasteiger partial charge < -0.3 is 10.6 Å². The molecule has 3 nitrogen and oxygen atoms in total. The Bertz CT molecular complexity index is 202. The molecule has 1 aliphatic heterocycles. The van der Waals surface area contributed by atoms with Crippen molar-refractivity contribution in [3.8, 4) is 0 Å². The third-order valence-corrected chi connectivity index (χ3v) is 3.79. The number of rotatable bonds is 4. The van der Waals surface area contributed by atoms with Gasteiger partial charge in [0, 0.05) is 11.8 Å².